The molecule has 0 aliphatic heterocycles. The number of hydrogen-bond donors (Lipinski definition) is 0. The second-order valence-corrected chi connectivity index (χ2v) is 18.4. The molecule has 0 amide bonds. The smallest absolute Gasteiger partial charge is 0.306 e. The van der Waals surface area contributed by atoms with Gasteiger partial charge in [0.1, 0.15) is 13.2 Å². The van der Waals surface area contributed by atoms with Crippen LogP contribution in [0.15, 0.2) is 0 Å². The maximum atomic E-state index is 12.7. The van der Waals surface area contributed by atoms with E-state index in [2.05, 4.69) is 34.6 Å². The fourth-order valence-electron chi connectivity index (χ4n) is 7.64. The predicted octanol–water partition coefficient (Wildman–Crippen LogP) is 16.1. The van der Waals surface area contributed by atoms with Crippen LogP contribution in [0.25, 0.3) is 0 Å². The predicted molar refractivity (Wildman–Crippen MR) is 243 cm³/mol. The SMILES string of the molecule is CCCCCCCCCCCCC(=O)OC[C@H](COC(=O)CCCCCCCCCCCCCCCCC(C)C)OC(=O)CCCCCCCCCCCC(C)C. The zero-order valence-corrected chi connectivity index (χ0v) is 39.0. The first-order valence-corrected chi connectivity index (χ1v) is 25.2. The topological polar surface area (TPSA) is 78.9 Å². The van der Waals surface area contributed by atoms with Crippen LogP contribution in [0.1, 0.15) is 279 Å². The van der Waals surface area contributed by atoms with Crippen molar-refractivity contribution in [1.82, 2.24) is 0 Å². The van der Waals surface area contributed by atoms with Crippen LogP contribution in [0.2, 0.25) is 0 Å². The average Bonchev–Trinajstić information content (AvgIpc) is 3.18. The molecule has 0 saturated carbocycles. The molecule has 0 heterocycles. The Labute approximate surface area is 355 Å². The highest BCUT2D eigenvalue weighted by Gasteiger charge is 2.19. The molecule has 0 N–H and O–H groups in total. The third kappa shape index (κ3) is 45.3. The highest BCUT2D eigenvalue weighted by atomic mass is 16.6. The number of esters is 3. The lowest BCUT2D eigenvalue weighted by molar-refractivity contribution is -0.167. The van der Waals surface area contributed by atoms with Crippen LogP contribution in [0.4, 0.5) is 0 Å². The minimum Gasteiger partial charge on any atom is -0.462 e. The minimum absolute atomic E-state index is 0.0641. The lowest BCUT2D eigenvalue weighted by atomic mass is 10.0. The summed E-state index contributed by atoms with van der Waals surface area (Å²) in [5, 5.41) is 0. The van der Waals surface area contributed by atoms with Gasteiger partial charge < -0.3 is 14.2 Å². The molecule has 0 aliphatic rings. The molecule has 6 nitrogen and oxygen atoms in total. The van der Waals surface area contributed by atoms with Crippen LogP contribution in [0.3, 0.4) is 0 Å². The van der Waals surface area contributed by atoms with Gasteiger partial charge in [-0.3, -0.25) is 14.4 Å². The van der Waals surface area contributed by atoms with Gasteiger partial charge in [-0.05, 0) is 31.1 Å². The Morgan fingerprint density at radius 1 is 0.333 bits per heavy atom. The monoisotopic (exact) mass is 807 g/mol. The third-order valence-corrected chi connectivity index (χ3v) is 11.5. The summed E-state index contributed by atoms with van der Waals surface area (Å²) in [4.78, 5) is 37.8. The van der Waals surface area contributed by atoms with E-state index in [1.165, 1.54) is 167 Å². The van der Waals surface area contributed by atoms with Gasteiger partial charge in [0.15, 0.2) is 6.10 Å². The lowest BCUT2D eigenvalue weighted by Gasteiger charge is -2.18. The van der Waals surface area contributed by atoms with E-state index in [1.54, 1.807) is 0 Å². The van der Waals surface area contributed by atoms with E-state index in [4.69, 9.17) is 14.2 Å². The number of hydrogen-bond acceptors (Lipinski definition) is 6. The van der Waals surface area contributed by atoms with Crippen molar-refractivity contribution in [3.05, 3.63) is 0 Å². The van der Waals surface area contributed by atoms with Crippen LogP contribution in [-0.4, -0.2) is 37.2 Å². The number of unbranched alkanes of at least 4 members (excludes halogenated alkanes) is 30. The zero-order chi connectivity index (χ0) is 41.9. The van der Waals surface area contributed by atoms with Gasteiger partial charge in [-0.1, -0.05) is 240 Å². The van der Waals surface area contributed by atoms with Gasteiger partial charge >= 0.3 is 17.9 Å². The molecule has 338 valence electrons. The summed E-state index contributed by atoms with van der Waals surface area (Å²) < 4.78 is 16.8. The number of carbonyl (C=O) groups is 3. The molecular formula is C51H98O6. The van der Waals surface area contributed by atoms with Gasteiger partial charge in [-0.25, -0.2) is 0 Å². The fourth-order valence-corrected chi connectivity index (χ4v) is 7.64. The third-order valence-electron chi connectivity index (χ3n) is 11.5. The molecule has 0 spiro atoms. The Morgan fingerprint density at radius 3 is 0.860 bits per heavy atom. The molecule has 57 heavy (non-hydrogen) atoms. The summed E-state index contributed by atoms with van der Waals surface area (Å²) in [6, 6.07) is 0. The summed E-state index contributed by atoms with van der Waals surface area (Å²) in [6.07, 6.45) is 43.8. The molecule has 1 atom stereocenters. The summed E-state index contributed by atoms with van der Waals surface area (Å²) in [5.41, 5.74) is 0. The normalized spacial score (nSPS) is 12.1. The van der Waals surface area contributed by atoms with Gasteiger partial charge in [0.2, 0.25) is 0 Å². The van der Waals surface area contributed by atoms with Crippen molar-refractivity contribution >= 4 is 17.9 Å². The van der Waals surface area contributed by atoms with Gasteiger partial charge in [0.05, 0.1) is 0 Å². The van der Waals surface area contributed by atoms with Crippen molar-refractivity contribution in [3.63, 3.8) is 0 Å². The van der Waals surface area contributed by atoms with Crippen LogP contribution >= 0.6 is 0 Å². The molecule has 0 radical (unpaired) electrons. The molecular weight excluding hydrogens is 709 g/mol. The van der Waals surface area contributed by atoms with E-state index < -0.39 is 6.10 Å². The number of carbonyl (C=O) groups excluding carboxylic acids is 3. The molecule has 0 aromatic heterocycles. The average molecular weight is 807 g/mol. The van der Waals surface area contributed by atoms with Gasteiger partial charge in [-0.15, -0.1) is 0 Å². The largest absolute Gasteiger partial charge is 0.462 e. The summed E-state index contributed by atoms with van der Waals surface area (Å²) in [6.45, 7) is 11.3. The number of ether oxygens (including phenoxy) is 3. The van der Waals surface area contributed by atoms with E-state index in [-0.39, 0.29) is 31.1 Å². The maximum absolute atomic E-state index is 12.7. The Bertz CT molecular complexity index is 870. The highest BCUT2D eigenvalue weighted by molar-refractivity contribution is 5.71. The quantitative estimate of drug-likeness (QED) is 0.0346. The van der Waals surface area contributed by atoms with Crippen molar-refractivity contribution < 1.29 is 28.6 Å². The molecule has 0 aromatic rings. The summed E-state index contributed by atoms with van der Waals surface area (Å²) >= 11 is 0. The second kappa shape index (κ2) is 44.0. The Morgan fingerprint density at radius 2 is 0.579 bits per heavy atom. The Balaban J connectivity index is 4.27. The molecule has 0 fully saturated rings. The standard InChI is InChI=1S/C51H98O6/c1-6-7-8-9-10-11-21-26-31-36-41-49(52)55-44-48(57-51(54)43-38-33-28-23-18-20-25-30-35-40-47(4)5)45-56-50(53)42-37-32-27-22-17-15-13-12-14-16-19-24-29-34-39-46(2)3/h46-48H,6-45H2,1-5H3/t48-/m1/s1. The molecule has 6 heteroatoms. The van der Waals surface area contributed by atoms with E-state index in [0.717, 1.165) is 69.6 Å². The minimum atomic E-state index is -0.761. The lowest BCUT2D eigenvalue weighted by Crippen LogP contribution is -2.30. The zero-order valence-electron chi connectivity index (χ0n) is 39.0. The van der Waals surface area contributed by atoms with Gasteiger partial charge in [-0.2, -0.15) is 0 Å². The fraction of sp³-hybridized carbons (Fsp3) is 0.941. The van der Waals surface area contributed by atoms with Crippen molar-refractivity contribution in [2.75, 3.05) is 13.2 Å². The van der Waals surface area contributed by atoms with Crippen LogP contribution < -0.4 is 0 Å². The van der Waals surface area contributed by atoms with Gasteiger partial charge in [0, 0.05) is 19.3 Å². The van der Waals surface area contributed by atoms with Crippen molar-refractivity contribution in [3.8, 4) is 0 Å². The van der Waals surface area contributed by atoms with Crippen LogP contribution in [-0.2, 0) is 28.6 Å². The number of rotatable bonds is 45. The van der Waals surface area contributed by atoms with Crippen molar-refractivity contribution in [2.24, 2.45) is 11.8 Å². The molecule has 0 bridgehead atoms. The van der Waals surface area contributed by atoms with Crippen molar-refractivity contribution in [1.29, 1.82) is 0 Å². The van der Waals surface area contributed by atoms with Crippen LogP contribution in [0, 0.1) is 11.8 Å². The molecule has 0 unspecified atom stereocenters. The van der Waals surface area contributed by atoms with E-state index >= 15 is 0 Å². The van der Waals surface area contributed by atoms with Gasteiger partial charge in [0.25, 0.3) is 0 Å². The molecule has 0 aliphatic carbocycles. The Hall–Kier alpha value is -1.59. The van der Waals surface area contributed by atoms with Crippen LogP contribution in [0.5, 0.6) is 0 Å². The molecule has 0 aromatic carbocycles. The van der Waals surface area contributed by atoms with Crippen molar-refractivity contribution in [2.45, 2.75) is 285 Å². The van der Waals surface area contributed by atoms with E-state index in [9.17, 15) is 14.4 Å². The summed E-state index contributed by atoms with van der Waals surface area (Å²) in [5.74, 6) is 0.799. The second-order valence-electron chi connectivity index (χ2n) is 18.4. The molecule has 0 rings (SSSR count). The highest BCUT2D eigenvalue weighted by Crippen LogP contribution is 2.17. The first-order chi connectivity index (χ1) is 27.7. The van der Waals surface area contributed by atoms with E-state index in [0.29, 0.717) is 19.3 Å². The van der Waals surface area contributed by atoms with E-state index in [1.807, 2.05) is 0 Å². The first-order valence-electron chi connectivity index (χ1n) is 25.2. The first kappa shape index (κ1) is 55.4. The summed E-state index contributed by atoms with van der Waals surface area (Å²) in [7, 11) is 0. The maximum Gasteiger partial charge on any atom is 0.306 e. The Kier molecular flexibility index (Phi) is 42.7. The molecule has 0 saturated heterocycles.